The predicted molar refractivity (Wildman–Crippen MR) is 91.9 cm³/mol. The molecule has 4 rings (SSSR count). The molecule has 3 heterocycles. The second-order valence-corrected chi connectivity index (χ2v) is 6.71. The van der Waals surface area contributed by atoms with Gasteiger partial charge in [0.25, 0.3) is 0 Å². The van der Waals surface area contributed by atoms with E-state index in [-0.39, 0.29) is 5.91 Å². The van der Waals surface area contributed by atoms with Crippen LogP contribution in [0, 0.1) is 13.8 Å². The highest BCUT2D eigenvalue weighted by Gasteiger charge is 2.29. The maximum atomic E-state index is 12.7. The molecule has 1 atom stereocenters. The zero-order valence-electron chi connectivity index (χ0n) is 14.0. The molecule has 0 saturated carbocycles. The molecule has 1 saturated heterocycles. The molecule has 0 radical (unpaired) electrons. The third kappa shape index (κ3) is 2.70. The van der Waals surface area contributed by atoms with Gasteiger partial charge in [-0.15, -0.1) is 0 Å². The standard InChI is InChI=1S/C19H21N3O2/c1-12-3-4-16-15(11-24-17(16)7-12)8-18(23)22-6-5-14(10-22)19-20-9-13(2)21-19/h3-4,7,9,11,14H,5-6,8,10H2,1-2H3,(H,20,21). The first kappa shape index (κ1) is 15.0. The van der Waals surface area contributed by atoms with Crippen molar-refractivity contribution in [2.24, 2.45) is 0 Å². The van der Waals surface area contributed by atoms with Crippen LogP contribution < -0.4 is 0 Å². The molecule has 1 fully saturated rings. The van der Waals surface area contributed by atoms with Crippen molar-refractivity contribution in [3.8, 4) is 0 Å². The lowest BCUT2D eigenvalue weighted by atomic mass is 10.1. The molecule has 2 aromatic heterocycles. The number of hydrogen-bond donors (Lipinski definition) is 1. The second kappa shape index (κ2) is 5.82. The van der Waals surface area contributed by atoms with E-state index >= 15 is 0 Å². The van der Waals surface area contributed by atoms with Crippen molar-refractivity contribution in [2.45, 2.75) is 32.6 Å². The number of rotatable bonds is 3. The summed E-state index contributed by atoms with van der Waals surface area (Å²) < 4.78 is 5.60. The highest BCUT2D eigenvalue weighted by atomic mass is 16.3. The Hall–Kier alpha value is -2.56. The van der Waals surface area contributed by atoms with Crippen LogP contribution in [-0.2, 0) is 11.2 Å². The van der Waals surface area contributed by atoms with Crippen molar-refractivity contribution in [1.82, 2.24) is 14.9 Å². The number of amides is 1. The zero-order chi connectivity index (χ0) is 16.7. The summed E-state index contributed by atoms with van der Waals surface area (Å²) in [7, 11) is 0. The van der Waals surface area contributed by atoms with Gasteiger partial charge < -0.3 is 14.3 Å². The lowest BCUT2D eigenvalue weighted by Crippen LogP contribution is -2.29. The second-order valence-electron chi connectivity index (χ2n) is 6.71. The smallest absolute Gasteiger partial charge is 0.227 e. The first-order chi connectivity index (χ1) is 11.6. The Morgan fingerprint density at radius 3 is 3.08 bits per heavy atom. The number of likely N-dealkylation sites (tertiary alicyclic amines) is 1. The Morgan fingerprint density at radius 1 is 1.42 bits per heavy atom. The highest BCUT2D eigenvalue weighted by molar-refractivity contribution is 5.88. The summed E-state index contributed by atoms with van der Waals surface area (Å²) in [5.41, 5.74) is 4.04. The molecule has 1 N–H and O–H groups in total. The van der Waals surface area contributed by atoms with Gasteiger partial charge in [0.05, 0.1) is 12.7 Å². The van der Waals surface area contributed by atoms with E-state index in [0.29, 0.717) is 12.3 Å². The number of benzene rings is 1. The average Bonchev–Trinajstić information content (AvgIpc) is 3.26. The van der Waals surface area contributed by atoms with E-state index in [1.54, 1.807) is 6.26 Å². The number of fused-ring (bicyclic) bond motifs is 1. The first-order valence-electron chi connectivity index (χ1n) is 8.36. The molecule has 3 aromatic rings. The van der Waals surface area contributed by atoms with Crippen molar-refractivity contribution >= 4 is 16.9 Å². The molecule has 1 aromatic carbocycles. The van der Waals surface area contributed by atoms with Crippen molar-refractivity contribution in [3.05, 3.63) is 53.3 Å². The van der Waals surface area contributed by atoms with Gasteiger partial charge in [-0.2, -0.15) is 0 Å². The van der Waals surface area contributed by atoms with Gasteiger partial charge in [-0.25, -0.2) is 4.98 Å². The third-order valence-electron chi connectivity index (χ3n) is 4.80. The monoisotopic (exact) mass is 323 g/mol. The summed E-state index contributed by atoms with van der Waals surface area (Å²) in [6, 6.07) is 6.10. The Kier molecular flexibility index (Phi) is 3.63. The summed E-state index contributed by atoms with van der Waals surface area (Å²) in [6.07, 6.45) is 4.91. The van der Waals surface area contributed by atoms with Gasteiger partial charge in [-0.3, -0.25) is 4.79 Å². The van der Waals surface area contributed by atoms with Crippen molar-refractivity contribution < 1.29 is 9.21 Å². The molecule has 1 unspecified atom stereocenters. The topological polar surface area (TPSA) is 62.1 Å². The average molecular weight is 323 g/mol. The van der Waals surface area contributed by atoms with E-state index in [1.165, 1.54) is 0 Å². The first-order valence-corrected chi connectivity index (χ1v) is 8.36. The van der Waals surface area contributed by atoms with Gasteiger partial charge in [0.15, 0.2) is 0 Å². The molecule has 0 aliphatic carbocycles. The maximum absolute atomic E-state index is 12.7. The lowest BCUT2D eigenvalue weighted by molar-refractivity contribution is -0.129. The number of furan rings is 1. The molecule has 1 aliphatic heterocycles. The predicted octanol–water partition coefficient (Wildman–Crippen LogP) is 3.33. The zero-order valence-corrected chi connectivity index (χ0v) is 14.0. The van der Waals surface area contributed by atoms with Gasteiger partial charge in [0.1, 0.15) is 11.4 Å². The minimum Gasteiger partial charge on any atom is -0.464 e. The number of aryl methyl sites for hydroxylation is 2. The molecule has 0 bridgehead atoms. The van der Waals surface area contributed by atoms with Crippen molar-refractivity contribution in [1.29, 1.82) is 0 Å². The molecular weight excluding hydrogens is 302 g/mol. The minimum atomic E-state index is 0.157. The molecule has 24 heavy (non-hydrogen) atoms. The Bertz CT molecular complexity index is 893. The van der Waals surface area contributed by atoms with E-state index in [9.17, 15) is 4.79 Å². The van der Waals surface area contributed by atoms with Crippen LogP contribution in [0.25, 0.3) is 11.0 Å². The fourth-order valence-corrected chi connectivity index (χ4v) is 3.45. The molecular formula is C19H21N3O2. The summed E-state index contributed by atoms with van der Waals surface area (Å²) in [6.45, 7) is 5.56. The van der Waals surface area contributed by atoms with Crippen LogP contribution in [0.4, 0.5) is 0 Å². The molecule has 1 aliphatic rings. The van der Waals surface area contributed by atoms with Crippen molar-refractivity contribution in [2.75, 3.05) is 13.1 Å². The molecule has 5 heteroatoms. The van der Waals surface area contributed by atoms with E-state index < -0.39 is 0 Å². The Balaban J connectivity index is 1.46. The fraction of sp³-hybridized carbons (Fsp3) is 0.368. The number of nitrogens with zero attached hydrogens (tertiary/aromatic N) is 2. The minimum absolute atomic E-state index is 0.157. The van der Waals surface area contributed by atoms with Crippen LogP contribution in [0.5, 0.6) is 0 Å². The van der Waals surface area contributed by atoms with Crippen LogP contribution in [0.2, 0.25) is 0 Å². The normalized spacial score (nSPS) is 17.8. The number of carbonyl (C=O) groups excluding carboxylic acids is 1. The fourth-order valence-electron chi connectivity index (χ4n) is 3.45. The quantitative estimate of drug-likeness (QED) is 0.804. The molecule has 0 spiro atoms. The molecule has 124 valence electrons. The Morgan fingerprint density at radius 2 is 2.29 bits per heavy atom. The van der Waals surface area contributed by atoms with Gasteiger partial charge in [0, 0.05) is 41.8 Å². The van der Waals surface area contributed by atoms with Crippen LogP contribution >= 0.6 is 0 Å². The van der Waals surface area contributed by atoms with Crippen molar-refractivity contribution in [3.63, 3.8) is 0 Å². The van der Waals surface area contributed by atoms with Gasteiger partial charge in [-0.05, 0) is 31.9 Å². The summed E-state index contributed by atoms with van der Waals surface area (Å²) in [4.78, 5) is 22.3. The molecule has 1 amide bonds. The van der Waals surface area contributed by atoms with E-state index in [1.807, 2.05) is 37.1 Å². The largest absolute Gasteiger partial charge is 0.464 e. The van der Waals surface area contributed by atoms with Gasteiger partial charge >= 0.3 is 0 Å². The summed E-state index contributed by atoms with van der Waals surface area (Å²) in [5, 5.41) is 1.03. The van der Waals surface area contributed by atoms with Crippen LogP contribution in [-0.4, -0.2) is 33.9 Å². The number of H-pyrrole nitrogens is 1. The van der Waals surface area contributed by atoms with E-state index in [4.69, 9.17) is 4.42 Å². The number of hydrogen-bond acceptors (Lipinski definition) is 3. The van der Waals surface area contributed by atoms with Crippen LogP contribution in [0.3, 0.4) is 0 Å². The summed E-state index contributed by atoms with van der Waals surface area (Å²) in [5.74, 6) is 1.46. The number of nitrogens with one attached hydrogen (secondary N) is 1. The summed E-state index contributed by atoms with van der Waals surface area (Å²) >= 11 is 0. The highest BCUT2D eigenvalue weighted by Crippen LogP contribution is 2.27. The van der Waals surface area contributed by atoms with Crippen LogP contribution in [0.15, 0.2) is 35.1 Å². The molecule has 5 nitrogen and oxygen atoms in total. The van der Waals surface area contributed by atoms with Gasteiger partial charge in [-0.1, -0.05) is 12.1 Å². The number of imidazole rings is 1. The number of carbonyl (C=O) groups is 1. The van der Waals surface area contributed by atoms with Crippen LogP contribution in [0.1, 0.15) is 35.0 Å². The van der Waals surface area contributed by atoms with E-state index in [0.717, 1.165) is 53.1 Å². The number of aromatic amines is 1. The SMILES string of the molecule is Cc1ccc2c(CC(=O)N3CCC(c4ncc(C)[nH]4)C3)coc2c1. The maximum Gasteiger partial charge on any atom is 0.227 e. The lowest BCUT2D eigenvalue weighted by Gasteiger charge is -2.15. The Labute approximate surface area is 140 Å². The van der Waals surface area contributed by atoms with E-state index in [2.05, 4.69) is 16.0 Å². The van der Waals surface area contributed by atoms with Gasteiger partial charge in [0.2, 0.25) is 5.91 Å². The third-order valence-corrected chi connectivity index (χ3v) is 4.80. The number of aromatic nitrogens is 2.